The molecule has 1 aromatic carbocycles. The van der Waals surface area contributed by atoms with Gasteiger partial charge in [0.1, 0.15) is 11.6 Å². The van der Waals surface area contributed by atoms with Crippen molar-refractivity contribution in [1.82, 2.24) is 5.32 Å². The summed E-state index contributed by atoms with van der Waals surface area (Å²) in [5, 5.41) is 12.0. The van der Waals surface area contributed by atoms with Crippen LogP contribution in [0.25, 0.3) is 6.08 Å². The van der Waals surface area contributed by atoms with Crippen LogP contribution in [0.4, 0.5) is 0 Å². The fourth-order valence-electron chi connectivity index (χ4n) is 2.55. The maximum Gasteiger partial charge on any atom is 0.262 e. The molecule has 1 N–H and O–H groups in total. The molecule has 0 radical (unpaired) electrons. The highest BCUT2D eigenvalue weighted by Gasteiger charge is 2.17. The summed E-state index contributed by atoms with van der Waals surface area (Å²) in [4.78, 5) is 12.1. The second-order valence-corrected chi connectivity index (χ2v) is 5.81. The Bertz CT molecular complexity index is 635. The van der Waals surface area contributed by atoms with E-state index in [2.05, 4.69) is 18.3 Å². The molecule has 1 atom stereocenters. The van der Waals surface area contributed by atoms with Gasteiger partial charge in [-0.05, 0) is 61.9 Å². The van der Waals surface area contributed by atoms with Crippen LogP contribution in [0.2, 0.25) is 0 Å². The standard InChI is InChI=1S/C18H22N2O2/c1-12-7-14(3)15(8-13(12)2)9-16(10-19)18(21)20-11-17-5-4-6-22-17/h7-9,17H,4-6,11H2,1-3H3,(H,20,21)/b16-9+. The lowest BCUT2D eigenvalue weighted by atomic mass is 9.99. The first kappa shape index (κ1) is 16.3. The molecule has 4 nitrogen and oxygen atoms in total. The lowest BCUT2D eigenvalue weighted by Crippen LogP contribution is -2.32. The third kappa shape index (κ3) is 3.96. The summed E-state index contributed by atoms with van der Waals surface area (Å²) in [7, 11) is 0. The maximum atomic E-state index is 12.1. The summed E-state index contributed by atoms with van der Waals surface area (Å²) < 4.78 is 5.47. The molecule has 1 amide bonds. The van der Waals surface area contributed by atoms with E-state index >= 15 is 0 Å². The minimum Gasteiger partial charge on any atom is -0.376 e. The minimum absolute atomic E-state index is 0.0762. The number of aryl methyl sites for hydroxylation is 3. The van der Waals surface area contributed by atoms with Gasteiger partial charge < -0.3 is 10.1 Å². The van der Waals surface area contributed by atoms with E-state index in [1.165, 1.54) is 5.56 Å². The Morgan fingerprint density at radius 2 is 2.09 bits per heavy atom. The number of hydrogen-bond acceptors (Lipinski definition) is 3. The first-order chi connectivity index (χ1) is 10.5. The number of carbonyl (C=O) groups excluding carboxylic acids is 1. The fourth-order valence-corrected chi connectivity index (χ4v) is 2.55. The van der Waals surface area contributed by atoms with Crippen LogP contribution in [0.5, 0.6) is 0 Å². The molecule has 1 aliphatic rings. The van der Waals surface area contributed by atoms with E-state index in [0.717, 1.165) is 36.1 Å². The number of amides is 1. The van der Waals surface area contributed by atoms with Crippen molar-refractivity contribution in [1.29, 1.82) is 5.26 Å². The van der Waals surface area contributed by atoms with Gasteiger partial charge in [0.25, 0.3) is 5.91 Å². The molecule has 1 aliphatic heterocycles. The Hall–Kier alpha value is -2.12. The second-order valence-electron chi connectivity index (χ2n) is 5.81. The van der Waals surface area contributed by atoms with Crippen LogP contribution in [0.1, 0.15) is 35.1 Å². The second kappa shape index (κ2) is 7.24. The highest BCUT2D eigenvalue weighted by Crippen LogP contribution is 2.18. The number of nitrogens with one attached hydrogen (secondary N) is 1. The number of nitrogens with zero attached hydrogens (tertiary/aromatic N) is 1. The van der Waals surface area contributed by atoms with Crippen LogP contribution >= 0.6 is 0 Å². The number of ether oxygens (including phenoxy) is 1. The Kier molecular flexibility index (Phi) is 5.35. The molecule has 0 saturated carbocycles. The summed E-state index contributed by atoms with van der Waals surface area (Å²) >= 11 is 0. The molecule has 0 aliphatic carbocycles. The smallest absolute Gasteiger partial charge is 0.262 e. The monoisotopic (exact) mass is 298 g/mol. The Morgan fingerprint density at radius 1 is 1.36 bits per heavy atom. The highest BCUT2D eigenvalue weighted by molar-refractivity contribution is 6.01. The normalized spacial score (nSPS) is 18.1. The van der Waals surface area contributed by atoms with Gasteiger partial charge in [-0.1, -0.05) is 12.1 Å². The van der Waals surface area contributed by atoms with Crippen LogP contribution in [-0.2, 0) is 9.53 Å². The van der Waals surface area contributed by atoms with Gasteiger partial charge in [0.2, 0.25) is 0 Å². The van der Waals surface area contributed by atoms with Gasteiger partial charge >= 0.3 is 0 Å². The topological polar surface area (TPSA) is 62.1 Å². The van der Waals surface area contributed by atoms with E-state index in [1.54, 1.807) is 6.08 Å². The molecule has 1 fully saturated rings. The van der Waals surface area contributed by atoms with Crippen LogP contribution in [0.3, 0.4) is 0 Å². The van der Waals surface area contributed by atoms with Gasteiger partial charge in [-0.2, -0.15) is 5.26 Å². The number of carbonyl (C=O) groups is 1. The van der Waals surface area contributed by atoms with Crippen LogP contribution in [0.15, 0.2) is 17.7 Å². The lowest BCUT2D eigenvalue weighted by molar-refractivity contribution is -0.117. The van der Waals surface area contributed by atoms with E-state index in [0.29, 0.717) is 6.54 Å². The van der Waals surface area contributed by atoms with Crippen molar-refractivity contribution in [3.63, 3.8) is 0 Å². The van der Waals surface area contributed by atoms with Gasteiger partial charge in [0, 0.05) is 13.2 Å². The van der Waals surface area contributed by atoms with Gasteiger partial charge in [-0.25, -0.2) is 0 Å². The summed E-state index contributed by atoms with van der Waals surface area (Å²) in [6.45, 7) is 7.27. The van der Waals surface area contributed by atoms with Crippen molar-refractivity contribution in [3.8, 4) is 6.07 Å². The van der Waals surface area contributed by atoms with Crippen molar-refractivity contribution in [2.75, 3.05) is 13.2 Å². The van der Waals surface area contributed by atoms with Crippen LogP contribution in [0, 0.1) is 32.1 Å². The average molecular weight is 298 g/mol. The fraction of sp³-hybridized carbons (Fsp3) is 0.444. The average Bonchev–Trinajstić information content (AvgIpc) is 3.00. The van der Waals surface area contributed by atoms with Gasteiger partial charge in [-0.3, -0.25) is 4.79 Å². The van der Waals surface area contributed by atoms with Crippen molar-refractivity contribution < 1.29 is 9.53 Å². The molecule has 1 unspecified atom stereocenters. The highest BCUT2D eigenvalue weighted by atomic mass is 16.5. The summed E-state index contributed by atoms with van der Waals surface area (Å²) in [6.07, 6.45) is 3.73. The van der Waals surface area contributed by atoms with E-state index in [9.17, 15) is 10.1 Å². The molecule has 1 saturated heterocycles. The van der Waals surface area contributed by atoms with E-state index in [4.69, 9.17) is 4.74 Å². The molecule has 116 valence electrons. The predicted molar refractivity (Wildman–Crippen MR) is 86.2 cm³/mol. The minimum atomic E-state index is -0.337. The largest absolute Gasteiger partial charge is 0.376 e. The molecule has 22 heavy (non-hydrogen) atoms. The number of benzene rings is 1. The zero-order valence-corrected chi connectivity index (χ0v) is 13.4. The molecule has 0 aromatic heterocycles. The molecule has 1 aromatic rings. The molecule has 0 bridgehead atoms. The molecule has 2 rings (SSSR count). The van der Waals surface area contributed by atoms with Crippen molar-refractivity contribution >= 4 is 12.0 Å². The third-order valence-corrected chi connectivity index (χ3v) is 4.06. The zero-order chi connectivity index (χ0) is 16.1. The van der Waals surface area contributed by atoms with Gasteiger partial charge in [0.15, 0.2) is 0 Å². The lowest BCUT2D eigenvalue weighted by Gasteiger charge is -2.11. The Labute approximate surface area is 131 Å². The zero-order valence-electron chi connectivity index (χ0n) is 13.4. The van der Waals surface area contributed by atoms with E-state index in [1.807, 2.05) is 26.0 Å². The molecular weight excluding hydrogens is 276 g/mol. The van der Waals surface area contributed by atoms with Crippen molar-refractivity contribution in [2.45, 2.75) is 39.7 Å². The van der Waals surface area contributed by atoms with Crippen molar-refractivity contribution in [2.24, 2.45) is 0 Å². The van der Waals surface area contributed by atoms with Crippen LogP contribution < -0.4 is 5.32 Å². The number of hydrogen-bond donors (Lipinski definition) is 1. The molecular formula is C18H22N2O2. The van der Waals surface area contributed by atoms with Crippen LogP contribution in [-0.4, -0.2) is 25.2 Å². The Balaban J connectivity index is 2.11. The summed E-state index contributed by atoms with van der Waals surface area (Å²) in [5.74, 6) is -0.337. The maximum absolute atomic E-state index is 12.1. The third-order valence-electron chi connectivity index (χ3n) is 4.06. The summed E-state index contributed by atoms with van der Waals surface area (Å²) in [5.41, 5.74) is 4.45. The SMILES string of the molecule is Cc1cc(C)c(/C=C(\C#N)C(=O)NCC2CCCO2)cc1C. The molecule has 1 heterocycles. The van der Waals surface area contributed by atoms with Gasteiger partial charge in [0.05, 0.1) is 6.10 Å². The quantitative estimate of drug-likeness (QED) is 0.687. The Morgan fingerprint density at radius 3 is 2.73 bits per heavy atom. The molecule has 4 heteroatoms. The summed E-state index contributed by atoms with van der Waals surface area (Å²) in [6, 6.07) is 6.07. The van der Waals surface area contributed by atoms with Crippen molar-refractivity contribution in [3.05, 3.63) is 40.0 Å². The first-order valence-electron chi connectivity index (χ1n) is 7.60. The van der Waals surface area contributed by atoms with E-state index in [-0.39, 0.29) is 17.6 Å². The van der Waals surface area contributed by atoms with Gasteiger partial charge in [-0.15, -0.1) is 0 Å². The number of nitriles is 1. The number of rotatable bonds is 4. The predicted octanol–water partition coefficient (Wildman–Crippen LogP) is 2.81. The first-order valence-corrected chi connectivity index (χ1v) is 7.60. The van der Waals surface area contributed by atoms with E-state index < -0.39 is 0 Å². The molecule has 0 spiro atoms.